The Morgan fingerprint density at radius 1 is 0.429 bits per heavy atom. The van der Waals surface area contributed by atoms with Crippen LogP contribution in [0.2, 0.25) is 0 Å². The Hall–Kier alpha value is 0.996. The van der Waals surface area contributed by atoms with Crippen LogP contribution in [0.5, 0.6) is 0 Å². The molecular formula is H5MgO5P. The molecule has 0 heterocycles. The molecule has 0 atom stereocenters. The van der Waals surface area contributed by atoms with E-state index in [9.17, 15) is 0 Å². The zero-order valence-electron chi connectivity index (χ0n) is 3.39. The second-order valence-electron chi connectivity index (χ2n) is 0. The van der Waals surface area contributed by atoms with Crippen LogP contribution in [-0.4, -0.2) is 50.4 Å². The first kappa shape index (κ1) is 394. The van der Waals surface area contributed by atoms with Crippen LogP contribution < -0.4 is 0 Å². The smallest absolute Gasteiger partial charge is 0.870 e. The summed E-state index contributed by atoms with van der Waals surface area (Å²) in [7, 11) is 0. The Morgan fingerprint density at radius 3 is 0.429 bits per heavy atom. The Labute approximate surface area is 60.8 Å². The average molecular weight is 140 g/mol. The third-order valence-corrected chi connectivity index (χ3v) is 0. The molecule has 5 N–H and O–H groups in total. The summed E-state index contributed by atoms with van der Waals surface area (Å²) in [5.41, 5.74) is 0. The number of hydrogen-bond acceptors (Lipinski definition) is 5. The first-order chi connectivity index (χ1) is 0. The van der Waals surface area contributed by atoms with Gasteiger partial charge in [-0.1, -0.05) is 0 Å². The molecule has 42 valence electrons. The zero-order valence-corrected chi connectivity index (χ0v) is 5.70. The molecule has 0 aromatic rings. The van der Waals surface area contributed by atoms with Crippen LogP contribution in [0.25, 0.3) is 0 Å². The average Bonchev–Trinajstić information content (AvgIpc) is 0. The summed E-state index contributed by atoms with van der Waals surface area (Å²) < 4.78 is 0. The quantitative estimate of drug-likeness (QED) is 0.331. The molecule has 0 saturated carbocycles. The van der Waals surface area contributed by atoms with Gasteiger partial charge in [-0.25, -0.2) is 0 Å². The van der Waals surface area contributed by atoms with Crippen LogP contribution in [-0.2, 0) is 0 Å². The van der Waals surface area contributed by atoms with Gasteiger partial charge in [-0.05, 0) is 0 Å². The molecule has 0 aliphatic carbocycles. The standard InChI is InChI=1S/Mg.5H2O.P/h;5*1H2;/q+2;;;;;;+3/p-5. The Kier molecular flexibility index (Phi) is 14300. The molecule has 0 aliphatic rings. The van der Waals surface area contributed by atoms with Crippen molar-refractivity contribution in [3.63, 3.8) is 0 Å². The molecule has 0 spiro atoms. The van der Waals surface area contributed by atoms with Crippen molar-refractivity contribution >= 4 is 33.0 Å². The fourth-order valence-electron chi connectivity index (χ4n) is 0. The van der Waals surface area contributed by atoms with Crippen molar-refractivity contribution in [3.05, 3.63) is 0 Å². The third-order valence-electron chi connectivity index (χ3n) is 0. The minimum absolute atomic E-state index is 0. The van der Waals surface area contributed by atoms with E-state index in [1.807, 2.05) is 0 Å². The van der Waals surface area contributed by atoms with E-state index in [-0.39, 0.29) is 60.3 Å². The van der Waals surface area contributed by atoms with Crippen molar-refractivity contribution in [1.82, 2.24) is 0 Å². The van der Waals surface area contributed by atoms with Gasteiger partial charge in [0.25, 0.3) is 0 Å². The van der Waals surface area contributed by atoms with E-state index in [4.69, 9.17) is 0 Å². The fraction of sp³-hybridized carbons (Fsp3) is 0. The first-order valence-electron chi connectivity index (χ1n) is 0. The van der Waals surface area contributed by atoms with E-state index in [0.717, 1.165) is 0 Å². The second kappa shape index (κ2) is 253. The number of rotatable bonds is 0. The number of hydrogen-bond donors (Lipinski definition) is 0. The van der Waals surface area contributed by atoms with E-state index in [1.165, 1.54) is 0 Å². The van der Waals surface area contributed by atoms with Crippen molar-refractivity contribution in [2.75, 3.05) is 0 Å². The molecular weight excluding hydrogens is 135 g/mol. The van der Waals surface area contributed by atoms with Gasteiger partial charge < -0.3 is 27.4 Å². The van der Waals surface area contributed by atoms with Crippen LogP contribution >= 0.6 is 9.90 Å². The Balaban J connectivity index is 0. The van der Waals surface area contributed by atoms with Gasteiger partial charge in [0.2, 0.25) is 0 Å². The van der Waals surface area contributed by atoms with Gasteiger partial charge >= 0.3 is 33.0 Å². The molecule has 5 nitrogen and oxygen atoms in total. The molecule has 0 saturated heterocycles. The van der Waals surface area contributed by atoms with Crippen LogP contribution in [0.4, 0.5) is 0 Å². The summed E-state index contributed by atoms with van der Waals surface area (Å²) >= 11 is 0. The molecule has 2 radical (unpaired) electrons. The maximum absolute atomic E-state index is 0. The van der Waals surface area contributed by atoms with E-state index in [2.05, 4.69) is 0 Å². The van der Waals surface area contributed by atoms with Crippen molar-refractivity contribution in [2.24, 2.45) is 0 Å². The van der Waals surface area contributed by atoms with Gasteiger partial charge in [0.05, 0.1) is 0 Å². The fourth-order valence-corrected chi connectivity index (χ4v) is 0. The van der Waals surface area contributed by atoms with Crippen LogP contribution in [0.15, 0.2) is 0 Å². The van der Waals surface area contributed by atoms with Gasteiger partial charge in [-0.3, -0.25) is 0 Å². The Bertz CT molecular complexity index is 8.04. The maximum Gasteiger partial charge on any atom is 3.00 e. The molecule has 7 heavy (non-hydrogen) atoms. The molecule has 0 amide bonds. The van der Waals surface area contributed by atoms with Crippen LogP contribution in [0, 0.1) is 0 Å². The normalized spacial score (nSPS) is 0. The second-order valence-corrected chi connectivity index (χ2v) is 0. The SMILES string of the molecule is [Mg+2].[OH-].[OH-].[OH-].[OH-].[OH-].[P+3]. The van der Waals surface area contributed by atoms with Crippen molar-refractivity contribution in [1.29, 1.82) is 0 Å². The van der Waals surface area contributed by atoms with Crippen molar-refractivity contribution < 1.29 is 27.4 Å². The molecule has 0 unspecified atom stereocenters. The molecule has 0 aromatic carbocycles. The van der Waals surface area contributed by atoms with Crippen molar-refractivity contribution in [2.45, 2.75) is 0 Å². The molecule has 0 rings (SSSR count). The van der Waals surface area contributed by atoms with E-state index < -0.39 is 0 Å². The van der Waals surface area contributed by atoms with E-state index in [0.29, 0.717) is 0 Å². The monoisotopic (exact) mass is 140 g/mol. The maximum atomic E-state index is 0. The van der Waals surface area contributed by atoms with Crippen LogP contribution in [0.3, 0.4) is 0 Å². The molecule has 0 aromatic heterocycles. The summed E-state index contributed by atoms with van der Waals surface area (Å²) in [4.78, 5) is 0. The predicted molar refractivity (Wildman–Crippen MR) is 22.4 cm³/mol. The predicted octanol–water partition coefficient (Wildman–Crippen LogP) is -0.404. The van der Waals surface area contributed by atoms with Gasteiger partial charge in [-0.15, -0.1) is 0 Å². The Morgan fingerprint density at radius 2 is 0.429 bits per heavy atom. The van der Waals surface area contributed by atoms with Gasteiger partial charge in [-0.2, -0.15) is 0 Å². The minimum atomic E-state index is 0. The first-order valence-corrected chi connectivity index (χ1v) is 0. The van der Waals surface area contributed by atoms with Gasteiger partial charge in [0.1, 0.15) is 0 Å². The largest absolute Gasteiger partial charge is 3.00 e. The van der Waals surface area contributed by atoms with Gasteiger partial charge in [0.15, 0.2) is 0 Å². The summed E-state index contributed by atoms with van der Waals surface area (Å²) in [6, 6.07) is 0. The topological polar surface area (TPSA) is 150 Å². The summed E-state index contributed by atoms with van der Waals surface area (Å²) in [5.74, 6) is 0. The summed E-state index contributed by atoms with van der Waals surface area (Å²) in [6.07, 6.45) is 0. The van der Waals surface area contributed by atoms with Crippen LogP contribution in [0.1, 0.15) is 0 Å². The molecule has 0 aliphatic heterocycles. The minimum Gasteiger partial charge on any atom is -0.870 e. The van der Waals surface area contributed by atoms with Gasteiger partial charge in [0, 0.05) is 0 Å². The van der Waals surface area contributed by atoms with E-state index in [1.54, 1.807) is 0 Å². The van der Waals surface area contributed by atoms with Crippen molar-refractivity contribution in [3.8, 4) is 0 Å². The zero-order chi connectivity index (χ0) is 0. The molecule has 0 bridgehead atoms. The third kappa shape index (κ3) is 176. The van der Waals surface area contributed by atoms with E-state index >= 15 is 0 Å². The summed E-state index contributed by atoms with van der Waals surface area (Å²) in [6.45, 7) is 0. The molecule has 7 heteroatoms. The summed E-state index contributed by atoms with van der Waals surface area (Å²) in [5, 5.41) is 0. The molecule has 0 fully saturated rings.